The molecule has 0 saturated carbocycles. The summed E-state index contributed by atoms with van der Waals surface area (Å²) in [5.41, 5.74) is 0. The Hall–Kier alpha value is -0.580. The summed E-state index contributed by atoms with van der Waals surface area (Å²) in [6.45, 7) is 3.60. The van der Waals surface area contributed by atoms with Crippen LogP contribution in [0.3, 0.4) is 0 Å². The van der Waals surface area contributed by atoms with Crippen molar-refractivity contribution < 1.29 is 13.2 Å². The zero-order chi connectivity index (χ0) is 8.91. The van der Waals surface area contributed by atoms with Crippen LogP contribution in [0.1, 0.15) is 20.3 Å². The van der Waals surface area contributed by atoms with E-state index in [0.717, 1.165) is 4.31 Å². The molecule has 11 heavy (non-hydrogen) atoms. The monoisotopic (exact) mass is 179 g/mol. The Labute approximate surface area is 67.2 Å². The molecule has 0 unspecified atom stereocenters. The second kappa shape index (κ2) is 4.33. The van der Waals surface area contributed by atoms with E-state index in [9.17, 15) is 13.2 Å². The van der Waals surface area contributed by atoms with Crippen molar-refractivity contribution in [2.45, 2.75) is 20.3 Å². The van der Waals surface area contributed by atoms with Gasteiger partial charge in [0.2, 0.25) is 16.4 Å². The third kappa shape index (κ3) is 2.88. The molecular formula is C6H13NO3S. The standard InChI is InChI=1S/C6H13NO3S/c1-3-5-11(9,10)7(4-2)6-8/h6H,3-5H2,1-2H3. The van der Waals surface area contributed by atoms with Crippen molar-refractivity contribution in [2.24, 2.45) is 0 Å². The second-order valence-corrected chi connectivity index (χ2v) is 4.17. The van der Waals surface area contributed by atoms with Crippen LogP contribution >= 0.6 is 0 Å². The summed E-state index contributed by atoms with van der Waals surface area (Å²) in [5, 5.41) is 0. The Morgan fingerprint density at radius 1 is 1.36 bits per heavy atom. The second-order valence-electron chi connectivity index (χ2n) is 2.12. The molecule has 0 atom stereocenters. The number of hydrogen-bond acceptors (Lipinski definition) is 3. The molecule has 0 aliphatic rings. The summed E-state index contributed by atoms with van der Waals surface area (Å²) in [4.78, 5) is 10.2. The molecular weight excluding hydrogens is 166 g/mol. The summed E-state index contributed by atoms with van der Waals surface area (Å²) in [6, 6.07) is 0. The van der Waals surface area contributed by atoms with Crippen LogP contribution in [0.5, 0.6) is 0 Å². The average Bonchev–Trinajstić information content (AvgIpc) is 1.89. The molecule has 5 heteroatoms. The fourth-order valence-corrected chi connectivity index (χ4v) is 1.99. The highest BCUT2D eigenvalue weighted by atomic mass is 32.2. The van der Waals surface area contributed by atoms with Crippen LogP contribution in [0, 0.1) is 0 Å². The molecule has 0 spiro atoms. The van der Waals surface area contributed by atoms with Crippen LogP contribution < -0.4 is 0 Å². The SMILES string of the molecule is CCCS(=O)(=O)N(C=O)CC. The predicted molar refractivity (Wildman–Crippen MR) is 42.5 cm³/mol. The van der Waals surface area contributed by atoms with Crippen LogP contribution in [0.4, 0.5) is 0 Å². The van der Waals surface area contributed by atoms with Crippen molar-refractivity contribution in [3.05, 3.63) is 0 Å². The minimum atomic E-state index is -3.31. The van der Waals surface area contributed by atoms with Gasteiger partial charge in [-0.15, -0.1) is 0 Å². The predicted octanol–water partition coefficient (Wildman–Crippen LogP) is 0.205. The molecule has 0 aliphatic carbocycles. The van der Waals surface area contributed by atoms with Crippen molar-refractivity contribution in [1.82, 2.24) is 4.31 Å². The van der Waals surface area contributed by atoms with E-state index in [1.165, 1.54) is 0 Å². The zero-order valence-electron chi connectivity index (χ0n) is 6.78. The van der Waals surface area contributed by atoms with E-state index in [2.05, 4.69) is 0 Å². The van der Waals surface area contributed by atoms with Crippen molar-refractivity contribution in [3.63, 3.8) is 0 Å². The number of sulfonamides is 1. The highest BCUT2D eigenvalue weighted by Gasteiger charge is 2.16. The van der Waals surface area contributed by atoms with Gasteiger partial charge in [-0.25, -0.2) is 12.7 Å². The van der Waals surface area contributed by atoms with E-state index in [4.69, 9.17) is 0 Å². The molecule has 0 saturated heterocycles. The Morgan fingerprint density at radius 2 is 1.91 bits per heavy atom. The molecule has 0 aromatic heterocycles. The van der Waals surface area contributed by atoms with Crippen LogP contribution in [0.15, 0.2) is 0 Å². The molecule has 0 N–H and O–H groups in total. The molecule has 0 aromatic rings. The highest BCUT2D eigenvalue weighted by molar-refractivity contribution is 7.89. The molecule has 0 aromatic carbocycles. The maximum absolute atomic E-state index is 11.1. The normalized spacial score (nSPS) is 11.1. The fourth-order valence-electron chi connectivity index (χ4n) is 0.712. The number of nitrogens with zero attached hydrogens (tertiary/aromatic N) is 1. The lowest BCUT2D eigenvalue weighted by Crippen LogP contribution is -2.31. The molecule has 0 bridgehead atoms. The Morgan fingerprint density at radius 3 is 2.18 bits per heavy atom. The van der Waals surface area contributed by atoms with Gasteiger partial charge in [-0.2, -0.15) is 0 Å². The molecule has 0 radical (unpaired) electrons. The number of carbonyl (C=O) groups is 1. The zero-order valence-corrected chi connectivity index (χ0v) is 7.60. The molecule has 4 nitrogen and oxygen atoms in total. The minimum absolute atomic E-state index is 0.0412. The van der Waals surface area contributed by atoms with Gasteiger partial charge in [0.15, 0.2) is 0 Å². The lowest BCUT2D eigenvalue weighted by atomic mass is 10.6. The van der Waals surface area contributed by atoms with Gasteiger partial charge in [0, 0.05) is 6.54 Å². The smallest absolute Gasteiger partial charge is 0.237 e. The summed E-state index contributed by atoms with van der Waals surface area (Å²) < 4.78 is 23.0. The summed E-state index contributed by atoms with van der Waals surface area (Å²) in [5.74, 6) is 0.0412. The van der Waals surface area contributed by atoms with Gasteiger partial charge in [-0.1, -0.05) is 6.92 Å². The van der Waals surface area contributed by atoms with E-state index < -0.39 is 10.0 Å². The summed E-state index contributed by atoms with van der Waals surface area (Å²) in [6.07, 6.45) is 0.887. The van der Waals surface area contributed by atoms with Crippen LogP contribution in [-0.2, 0) is 14.8 Å². The Balaban J connectivity index is 4.38. The average molecular weight is 179 g/mol. The maximum Gasteiger partial charge on any atom is 0.237 e. The number of carbonyl (C=O) groups excluding carboxylic acids is 1. The largest absolute Gasteiger partial charge is 0.278 e. The van der Waals surface area contributed by atoms with E-state index in [-0.39, 0.29) is 12.3 Å². The van der Waals surface area contributed by atoms with Gasteiger partial charge in [0.25, 0.3) is 0 Å². The van der Waals surface area contributed by atoms with E-state index in [1.807, 2.05) is 0 Å². The molecule has 0 heterocycles. The first-order chi connectivity index (χ1) is 5.08. The van der Waals surface area contributed by atoms with E-state index in [1.54, 1.807) is 13.8 Å². The fraction of sp³-hybridized carbons (Fsp3) is 0.833. The van der Waals surface area contributed by atoms with Crippen molar-refractivity contribution >= 4 is 16.4 Å². The summed E-state index contributed by atoms with van der Waals surface area (Å²) in [7, 11) is -3.31. The molecule has 0 rings (SSSR count). The third-order valence-electron chi connectivity index (χ3n) is 1.25. The first-order valence-electron chi connectivity index (χ1n) is 3.53. The molecule has 66 valence electrons. The van der Waals surface area contributed by atoms with E-state index >= 15 is 0 Å². The quantitative estimate of drug-likeness (QED) is 0.567. The van der Waals surface area contributed by atoms with Crippen molar-refractivity contribution in [1.29, 1.82) is 0 Å². The first kappa shape index (κ1) is 10.4. The third-order valence-corrected chi connectivity index (χ3v) is 3.23. The minimum Gasteiger partial charge on any atom is -0.278 e. The first-order valence-corrected chi connectivity index (χ1v) is 5.14. The number of hydrogen-bond donors (Lipinski definition) is 0. The molecule has 1 amide bonds. The van der Waals surface area contributed by atoms with Gasteiger partial charge in [-0.3, -0.25) is 4.79 Å². The Bertz CT molecular complexity index is 210. The van der Waals surface area contributed by atoms with Gasteiger partial charge in [-0.05, 0) is 13.3 Å². The summed E-state index contributed by atoms with van der Waals surface area (Å²) >= 11 is 0. The Kier molecular flexibility index (Phi) is 4.10. The lowest BCUT2D eigenvalue weighted by molar-refractivity contribution is -0.113. The molecule has 0 fully saturated rings. The molecule has 0 aliphatic heterocycles. The maximum atomic E-state index is 11.1. The van der Waals surface area contributed by atoms with Crippen molar-refractivity contribution in [2.75, 3.05) is 12.3 Å². The highest BCUT2D eigenvalue weighted by Crippen LogP contribution is 1.98. The van der Waals surface area contributed by atoms with Gasteiger partial charge >= 0.3 is 0 Å². The van der Waals surface area contributed by atoms with Crippen LogP contribution in [0.25, 0.3) is 0 Å². The number of rotatable bonds is 5. The van der Waals surface area contributed by atoms with Gasteiger partial charge in [0.05, 0.1) is 5.75 Å². The lowest BCUT2D eigenvalue weighted by Gasteiger charge is -2.13. The van der Waals surface area contributed by atoms with Crippen LogP contribution in [0.2, 0.25) is 0 Å². The van der Waals surface area contributed by atoms with Crippen LogP contribution in [-0.4, -0.2) is 31.4 Å². The number of amides is 1. The topological polar surface area (TPSA) is 54.5 Å². The van der Waals surface area contributed by atoms with Gasteiger partial charge in [0.1, 0.15) is 0 Å². The van der Waals surface area contributed by atoms with Gasteiger partial charge < -0.3 is 0 Å². The van der Waals surface area contributed by atoms with Crippen molar-refractivity contribution in [3.8, 4) is 0 Å². The van der Waals surface area contributed by atoms with E-state index in [0.29, 0.717) is 12.8 Å².